The minimum Gasteiger partial charge on any atom is -0.315 e. The number of imide groups is 1. The Morgan fingerprint density at radius 3 is 2.13 bits per heavy atom. The van der Waals surface area contributed by atoms with E-state index in [4.69, 9.17) is 23.2 Å². The minimum atomic E-state index is -1.43. The van der Waals surface area contributed by atoms with Gasteiger partial charge in [0.2, 0.25) is 5.91 Å². The molecule has 156 valence electrons. The molecule has 1 saturated heterocycles. The molecule has 1 aliphatic rings. The molecule has 2 aromatic carbocycles. The van der Waals surface area contributed by atoms with Crippen LogP contribution in [0.2, 0.25) is 10.0 Å². The molecule has 2 heterocycles. The molecule has 9 heteroatoms. The summed E-state index contributed by atoms with van der Waals surface area (Å²) in [5, 5.41) is 5.74. The highest BCUT2D eigenvalue weighted by Crippen LogP contribution is 2.36. The van der Waals surface area contributed by atoms with Crippen molar-refractivity contribution in [3.63, 3.8) is 0 Å². The Balaban J connectivity index is 1.64. The molecule has 0 saturated carbocycles. The molecule has 3 aromatic rings. The van der Waals surface area contributed by atoms with Crippen molar-refractivity contribution in [2.75, 3.05) is 11.9 Å². The van der Waals surface area contributed by atoms with Crippen LogP contribution in [0.4, 0.5) is 10.6 Å². The molecule has 0 spiro atoms. The van der Waals surface area contributed by atoms with Crippen LogP contribution < -0.4 is 10.6 Å². The van der Waals surface area contributed by atoms with E-state index < -0.39 is 29.9 Å². The van der Waals surface area contributed by atoms with E-state index in [1.54, 1.807) is 48.5 Å². The Kier molecular flexibility index (Phi) is 5.63. The second-order valence-corrected chi connectivity index (χ2v) is 7.68. The zero-order chi connectivity index (χ0) is 22.0. The minimum absolute atomic E-state index is 0.0838. The number of hydrogen-bond donors (Lipinski definition) is 2. The maximum absolute atomic E-state index is 13.5. The first-order chi connectivity index (χ1) is 14.9. The van der Waals surface area contributed by atoms with Gasteiger partial charge in [-0.15, -0.1) is 0 Å². The molecular formula is C22H16Cl2N4O3. The van der Waals surface area contributed by atoms with Gasteiger partial charge in [0.15, 0.2) is 11.4 Å². The van der Waals surface area contributed by atoms with Gasteiger partial charge in [0.1, 0.15) is 6.54 Å². The van der Waals surface area contributed by atoms with Crippen molar-refractivity contribution < 1.29 is 14.4 Å². The van der Waals surface area contributed by atoms with Gasteiger partial charge >= 0.3 is 6.03 Å². The second-order valence-electron chi connectivity index (χ2n) is 6.84. The number of amides is 4. The molecule has 7 nitrogen and oxygen atoms in total. The highest BCUT2D eigenvalue weighted by molar-refractivity contribution is 6.36. The van der Waals surface area contributed by atoms with Gasteiger partial charge in [-0.05, 0) is 17.2 Å². The van der Waals surface area contributed by atoms with Gasteiger partial charge in [-0.25, -0.2) is 9.78 Å². The van der Waals surface area contributed by atoms with Gasteiger partial charge in [0.05, 0.1) is 10.0 Å². The average molecular weight is 455 g/mol. The van der Waals surface area contributed by atoms with E-state index in [-0.39, 0.29) is 10.8 Å². The van der Waals surface area contributed by atoms with Crippen LogP contribution in [0.5, 0.6) is 0 Å². The molecule has 0 unspecified atom stereocenters. The first-order valence-corrected chi connectivity index (χ1v) is 10.0. The van der Waals surface area contributed by atoms with E-state index in [9.17, 15) is 14.4 Å². The van der Waals surface area contributed by atoms with Gasteiger partial charge in [0, 0.05) is 6.20 Å². The van der Waals surface area contributed by atoms with Crippen LogP contribution in [0.25, 0.3) is 0 Å². The Morgan fingerprint density at radius 2 is 1.58 bits per heavy atom. The predicted molar refractivity (Wildman–Crippen MR) is 117 cm³/mol. The number of halogens is 2. The van der Waals surface area contributed by atoms with Gasteiger partial charge in [-0.1, -0.05) is 83.9 Å². The number of carbonyl (C=O) groups excluding carboxylic acids is 3. The summed E-state index contributed by atoms with van der Waals surface area (Å²) in [6, 6.07) is 18.5. The van der Waals surface area contributed by atoms with E-state index in [1.165, 1.54) is 12.3 Å². The number of pyridine rings is 1. The molecule has 1 fully saturated rings. The fraction of sp³-hybridized carbons (Fsp3) is 0.0909. The van der Waals surface area contributed by atoms with Crippen LogP contribution in [0, 0.1) is 0 Å². The normalized spacial score (nSPS) is 15.0. The summed E-state index contributed by atoms with van der Waals surface area (Å²) in [6.07, 6.45) is 1.33. The van der Waals surface area contributed by atoms with E-state index in [0.29, 0.717) is 16.1 Å². The highest BCUT2D eigenvalue weighted by atomic mass is 35.5. The summed E-state index contributed by atoms with van der Waals surface area (Å²) in [4.78, 5) is 43.7. The van der Waals surface area contributed by atoms with Crippen LogP contribution >= 0.6 is 23.2 Å². The molecule has 4 amide bonds. The average Bonchev–Trinajstić information content (AvgIpc) is 3.02. The van der Waals surface area contributed by atoms with Crippen molar-refractivity contribution in [2.45, 2.75) is 5.54 Å². The first-order valence-electron chi connectivity index (χ1n) is 9.28. The van der Waals surface area contributed by atoms with E-state index in [2.05, 4.69) is 15.6 Å². The molecule has 0 radical (unpaired) electrons. The van der Waals surface area contributed by atoms with Crippen LogP contribution in [0.1, 0.15) is 11.1 Å². The zero-order valence-corrected chi connectivity index (χ0v) is 17.5. The number of benzene rings is 2. The topological polar surface area (TPSA) is 91.4 Å². The summed E-state index contributed by atoms with van der Waals surface area (Å²) < 4.78 is 0. The molecule has 31 heavy (non-hydrogen) atoms. The number of anilines is 1. The number of nitrogens with zero attached hydrogens (tertiary/aromatic N) is 2. The Labute approximate surface area is 188 Å². The molecule has 2 N–H and O–H groups in total. The number of hydrogen-bond acceptors (Lipinski definition) is 4. The Hall–Kier alpha value is -3.42. The van der Waals surface area contributed by atoms with Crippen LogP contribution in [-0.4, -0.2) is 34.3 Å². The lowest BCUT2D eigenvalue weighted by Gasteiger charge is -2.27. The van der Waals surface area contributed by atoms with Crippen LogP contribution in [0.15, 0.2) is 72.9 Å². The third-order valence-corrected chi connectivity index (χ3v) is 5.38. The largest absolute Gasteiger partial charge is 0.326 e. The Morgan fingerprint density at radius 1 is 1.00 bits per heavy atom. The summed E-state index contributed by atoms with van der Waals surface area (Å²) in [6.45, 7) is -0.507. The second kappa shape index (κ2) is 8.37. The number of urea groups is 1. The van der Waals surface area contributed by atoms with Gasteiger partial charge in [-0.3, -0.25) is 14.5 Å². The fourth-order valence-corrected chi connectivity index (χ4v) is 3.90. The molecule has 4 rings (SSSR count). The summed E-state index contributed by atoms with van der Waals surface area (Å²) >= 11 is 11.8. The monoisotopic (exact) mass is 454 g/mol. The number of carbonyl (C=O) groups is 3. The fourth-order valence-electron chi connectivity index (χ4n) is 3.48. The first kappa shape index (κ1) is 20.8. The number of rotatable bonds is 5. The number of aromatic nitrogens is 1. The van der Waals surface area contributed by atoms with E-state index in [1.807, 2.05) is 12.1 Å². The third-order valence-electron chi connectivity index (χ3n) is 4.89. The van der Waals surface area contributed by atoms with Crippen molar-refractivity contribution in [1.29, 1.82) is 0 Å². The maximum Gasteiger partial charge on any atom is 0.326 e. The Bertz CT molecular complexity index is 1120. The van der Waals surface area contributed by atoms with Crippen LogP contribution in [0.3, 0.4) is 0 Å². The van der Waals surface area contributed by atoms with E-state index >= 15 is 0 Å². The maximum atomic E-state index is 13.5. The van der Waals surface area contributed by atoms with Crippen molar-refractivity contribution in [1.82, 2.24) is 15.2 Å². The van der Waals surface area contributed by atoms with Gasteiger partial charge in [0.25, 0.3) is 5.91 Å². The molecule has 0 aliphatic carbocycles. The van der Waals surface area contributed by atoms with E-state index in [0.717, 1.165) is 4.90 Å². The molecule has 0 atom stereocenters. The van der Waals surface area contributed by atoms with Crippen LogP contribution in [-0.2, 0) is 15.1 Å². The van der Waals surface area contributed by atoms with Gasteiger partial charge < -0.3 is 10.6 Å². The lowest BCUT2D eigenvalue weighted by atomic mass is 9.82. The van der Waals surface area contributed by atoms with Crippen molar-refractivity contribution in [3.05, 3.63) is 94.1 Å². The quantitative estimate of drug-likeness (QED) is 0.573. The summed E-state index contributed by atoms with van der Waals surface area (Å²) in [5.41, 5.74) is -0.259. The molecule has 1 aromatic heterocycles. The smallest absolute Gasteiger partial charge is 0.315 e. The molecule has 1 aliphatic heterocycles. The van der Waals surface area contributed by atoms with Crippen molar-refractivity contribution in [3.8, 4) is 0 Å². The zero-order valence-electron chi connectivity index (χ0n) is 16.0. The lowest BCUT2D eigenvalue weighted by molar-refractivity contribution is -0.133. The van der Waals surface area contributed by atoms with Crippen molar-refractivity contribution >= 4 is 46.9 Å². The summed E-state index contributed by atoms with van der Waals surface area (Å²) in [5.74, 6) is -1.10. The predicted octanol–water partition coefficient (Wildman–Crippen LogP) is 3.82. The summed E-state index contributed by atoms with van der Waals surface area (Å²) in [7, 11) is 0. The SMILES string of the molecule is O=C(CN1C(=O)NC(c2ccccc2)(c2ccccc2)C1=O)Nc1ncc(Cl)cc1Cl. The lowest BCUT2D eigenvalue weighted by Crippen LogP contribution is -2.45. The van der Waals surface area contributed by atoms with Crippen molar-refractivity contribution in [2.24, 2.45) is 0 Å². The third kappa shape index (κ3) is 3.85. The molecule has 0 bridgehead atoms. The number of nitrogens with one attached hydrogen (secondary N) is 2. The van der Waals surface area contributed by atoms with Gasteiger partial charge in [-0.2, -0.15) is 0 Å². The highest BCUT2D eigenvalue weighted by Gasteiger charge is 2.54. The standard InChI is InChI=1S/C22H16Cl2N4O3/c23-16-11-17(24)19(25-12-16)26-18(29)13-28-20(30)22(27-21(28)31,14-7-3-1-4-8-14)15-9-5-2-6-10-15/h1-12H,13H2,(H,27,31)(H,25,26,29). The molecular weight excluding hydrogens is 439 g/mol.